The molecule has 0 bridgehead atoms. The first-order valence-corrected chi connectivity index (χ1v) is 10.2. The topological polar surface area (TPSA) is 69.9 Å². The largest absolute Gasteiger partial charge is 0.350 e. The van der Waals surface area contributed by atoms with Crippen LogP contribution in [0.2, 0.25) is 0 Å². The molecule has 1 atom stereocenters. The molecule has 1 aliphatic heterocycles. The molecule has 7 heteroatoms. The number of rotatable bonds is 4. The Kier molecular flexibility index (Phi) is 6.01. The number of amides is 3. The molecular weight excluding hydrogens is 378 g/mol. The van der Waals surface area contributed by atoms with E-state index in [1.54, 1.807) is 7.05 Å². The second-order valence-electron chi connectivity index (χ2n) is 8.96. The molecule has 160 valence electrons. The highest BCUT2D eigenvalue weighted by atomic mass is 16.2. The lowest BCUT2D eigenvalue weighted by atomic mass is 9.99. The molecule has 1 N–H and O–H groups in total. The van der Waals surface area contributed by atoms with Crippen molar-refractivity contribution in [2.45, 2.75) is 45.7 Å². The number of carbonyl (C=O) groups excluding carboxylic acids is 2. The van der Waals surface area contributed by atoms with Crippen molar-refractivity contribution in [2.24, 2.45) is 12.1 Å². The lowest BCUT2D eigenvalue weighted by molar-refractivity contribution is -0.133. The summed E-state index contributed by atoms with van der Waals surface area (Å²) in [5.74, 6) is -0.212. The average molecular weight is 410 g/mol. The summed E-state index contributed by atoms with van der Waals surface area (Å²) in [7, 11) is 3.59. The van der Waals surface area contributed by atoms with Crippen molar-refractivity contribution in [2.75, 3.05) is 13.6 Å². The van der Waals surface area contributed by atoms with Gasteiger partial charge in [0.1, 0.15) is 6.54 Å². The van der Waals surface area contributed by atoms with E-state index in [4.69, 9.17) is 0 Å². The Balaban J connectivity index is 1.84. The van der Waals surface area contributed by atoms with Gasteiger partial charge in [0, 0.05) is 32.3 Å². The highest BCUT2D eigenvalue weighted by molar-refractivity contribution is 6.02. The van der Waals surface area contributed by atoms with Crippen LogP contribution in [-0.4, -0.2) is 51.3 Å². The number of aromatic nitrogens is 1. The van der Waals surface area contributed by atoms with E-state index in [2.05, 4.69) is 10.4 Å². The molecule has 7 nitrogen and oxygen atoms in total. The first kappa shape index (κ1) is 21.6. The molecule has 0 unspecified atom stereocenters. The second-order valence-corrected chi connectivity index (χ2v) is 8.96. The Hall–Kier alpha value is -3.09. The van der Waals surface area contributed by atoms with E-state index < -0.39 is 0 Å². The van der Waals surface area contributed by atoms with Crippen molar-refractivity contribution >= 4 is 17.6 Å². The minimum atomic E-state index is -0.371. The Morgan fingerprint density at radius 3 is 2.43 bits per heavy atom. The number of aryl methyl sites for hydroxylation is 2. The third kappa shape index (κ3) is 4.90. The van der Waals surface area contributed by atoms with Crippen LogP contribution in [0.15, 0.2) is 47.7 Å². The van der Waals surface area contributed by atoms with Crippen molar-refractivity contribution < 1.29 is 9.59 Å². The van der Waals surface area contributed by atoms with Crippen molar-refractivity contribution in [1.82, 2.24) is 19.8 Å². The molecule has 1 aliphatic rings. The number of nitrogens with one attached hydrogen (secondary N) is 1. The molecule has 2 aromatic rings. The predicted molar refractivity (Wildman–Crippen MR) is 118 cm³/mol. The summed E-state index contributed by atoms with van der Waals surface area (Å²) in [4.78, 5) is 27.0. The number of carbonyl (C=O) groups is 2. The molecular formula is C23H31N5O2. The highest BCUT2D eigenvalue weighted by Gasteiger charge is 2.34. The first-order valence-electron chi connectivity index (χ1n) is 10.2. The monoisotopic (exact) mass is 409 g/mol. The van der Waals surface area contributed by atoms with Crippen LogP contribution in [0.25, 0.3) is 0 Å². The standard InChI is InChI=1S/C23H31N5O2/c1-16-9-11-17(12-10-16)20-14-18(19-8-7-13-26(19)5)25-28(20)21(29)15-27(6)22(30)24-23(2,3)4/h7-13,20H,14-15H2,1-6H3,(H,24,30)/t20-/m1/s1. The fraction of sp³-hybridized carbons (Fsp3) is 0.435. The molecule has 0 fully saturated rings. The predicted octanol–water partition coefficient (Wildman–Crippen LogP) is 3.45. The first-order chi connectivity index (χ1) is 14.0. The van der Waals surface area contributed by atoms with Gasteiger partial charge in [-0.25, -0.2) is 9.80 Å². The van der Waals surface area contributed by atoms with Crippen molar-refractivity contribution in [3.05, 3.63) is 59.4 Å². The third-order valence-electron chi connectivity index (χ3n) is 5.07. The molecule has 3 amide bonds. The van der Waals surface area contributed by atoms with Crippen LogP contribution in [0, 0.1) is 6.92 Å². The van der Waals surface area contributed by atoms with Gasteiger partial charge in [-0.3, -0.25) is 4.79 Å². The number of hydrogen-bond donors (Lipinski definition) is 1. The molecule has 1 aromatic carbocycles. The maximum absolute atomic E-state index is 13.2. The van der Waals surface area contributed by atoms with Gasteiger partial charge in [-0.1, -0.05) is 29.8 Å². The minimum absolute atomic E-state index is 0.0474. The number of urea groups is 1. The van der Waals surface area contributed by atoms with Gasteiger partial charge in [0.2, 0.25) is 0 Å². The summed E-state index contributed by atoms with van der Waals surface area (Å²) in [5, 5.41) is 9.09. The van der Waals surface area contributed by atoms with Crippen molar-refractivity contribution in [3.8, 4) is 0 Å². The minimum Gasteiger partial charge on any atom is -0.350 e. The molecule has 0 aliphatic carbocycles. The number of hydrazone groups is 1. The van der Waals surface area contributed by atoms with Crippen LogP contribution in [-0.2, 0) is 11.8 Å². The number of benzene rings is 1. The van der Waals surface area contributed by atoms with E-state index in [1.807, 2.05) is 81.9 Å². The second kappa shape index (κ2) is 8.34. The van der Waals surface area contributed by atoms with E-state index in [9.17, 15) is 9.59 Å². The molecule has 1 aromatic heterocycles. The number of hydrogen-bond acceptors (Lipinski definition) is 3. The van der Waals surface area contributed by atoms with Gasteiger partial charge >= 0.3 is 6.03 Å². The summed E-state index contributed by atoms with van der Waals surface area (Å²) >= 11 is 0. The fourth-order valence-corrected chi connectivity index (χ4v) is 3.47. The van der Waals surface area contributed by atoms with Crippen molar-refractivity contribution in [1.29, 1.82) is 0 Å². The highest BCUT2D eigenvalue weighted by Crippen LogP contribution is 2.33. The van der Waals surface area contributed by atoms with Gasteiger partial charge in [0.25, 0.3) is 5.91 Å². The zero-order valence-electron chi connectivity index (χ0n) is 18.6. The summed E-state index contributed by atoms with van der Waals surface area (Å²) in [6.45, 7) is 7.71. The van der Waals surface area contributed by atoms with E-state index in [1.165, 1.54) is 9.91 Å². The van der Waals surface area contributed by atoms with Crippen LogP contribution >= 0.6 is 0 Å². The van der Waals surface area contributed by atoms with E-state index in [0.717, 1.165) is 22.5 Å². The average Bonchev–Trinajstić information content (AvgIpc) is 3.27. The maximum Gasteiger partial charge on any atom is 0.318 e. The van der Waals surface area contributed by atoms with Crippen LogP contribution in [0.3, 0.4) is 0 Å². The van der Waals surface area contributed by atoms with Gasteiger partial charge in [0.15, 0.2) is 0 Å². The summed E-state index contributed by atoms with van der Waals surface area (Å²) in [6.07, 6.45) is 2.60. The van der Waals surface area contributed by atoms with Crippen LogP contribution < -0.4 is 5.32 Å². The van der Waals surface area contributed by atoms with Gasteiger partial charge in [-0.05, 0) is 45.4 Å². The zero-order chi connectivity index (χ0) is 22.1. The van der Waals surface area contributed by atoms with Crippen molar-refractivity contribution in [3.63, 3.8) is 0 Å². The smallest absolute Gasteiger partial charge is 0.318 e. The van der Waals surface area contributed by atoms with E-state index in [0.29, 0.717) is 6.42 Å². The zero-order valence-corrected chi connectivity index (χ0v) is 18.6. The summed E-state index contributed by atoms with van der Waals surface area (Å²) < 4.78 is 2.00. The maximum atomic E-state index is 13.2. The molecule has 0 radical (unpaired) electrons. The lowest BCUT2D eigenvalue weighted by Crippen LogP contribution is -2.49. The molecule has 0 spiro atoms. The summed E-state index contributed by atoms with van der Waals surface area (Å²) in [6, 6.07) is 11.7. The van der Waals surface area contributed by atoms with Gasteiger partial charge in [0.05, 0.1) is 17.4 Å². The molecule has 0 saturated heterocycles. The fourth-order valence-electron chi connectivity index (χ4n) is 3.47. The van der Waals surface area contributed by atoms with Crippen LogP contribution in [0.5, 0.6) is 0 Å². The van der Waals surface area contributed by atoms with E-state index in [-0.39, 0.29) is 30.1 Å². The summed E-state index contributed by atoms with van der Waals surface area (Å²) in [5.41, 5.74) is 3.68. The third-order valence-corrected chi connectivity index (χ3v) is 5.07. The lowest BCUT2D eigenvalue weighted by Gasteiger charge is -2.27. The SMILES string of the molecule is Cc1ccc([C@H]2CC(c3cccn3C)=NN2C(=O)CN(C)C(=O)NC(C)(C)C)cc1. The Morgan fingerprint density at radius 1 is 1.20 bits per heavy atom. The number of nitrogens with zero attached hydrogens (tertiary/aromatic N) is 4. The van der Waals surface area contributed by atoms with Gasteiger partial charge in [-0.2, -0.15) is 5.10 Å². The van der Waals surface area contributed by atoms with Crippen LogP contribution in [0.1, 0.15) is 50.1 Å². The Labute approximate surface area is 178 Å². The Bertz CT molecular complexity index is 953. The Morgan fingerprint density at radius 2 is 1.87 bits per heavy atom. The normalized spacial score (nSPS) is 16.4. The van der Waals surface area contributed by atoms with Gasteiger partial charge < -0.3 is 14.8 Å². The molecule has 3 rings (SSSR count). The molecule has 0 saturated carbocycles. The number of likely N-dealkylation sites (N-methyl/N-ethyl adjacent to an activating group) is 1. The molecule has 30 heavy (non-hydrogen) atoms. The molecule has 2 heterocycles. The van der Waals surface area contributed by atoms with Gasteiger partial charge in [-0.15, -0.1) is 0 Å². The van der Waals surface area contributed by atoms with E-state index >= 15 is 0 Å². The van der Waals surface area contributed by atoms with Crippen LogP contribution in [0.4, 0.5) is 4.79 Å². The quantitative estimate of drug-likeness (QED) is 0.840.